The van der Waals surface area contributed by atoms with Gasteiger partial charge in [-0.05, 0) is 0 Å². The molecule has 0 fully saturated rings. The summed E-state index contributed by atoms with van der Waals surface area (Å²) in [6.07, 6.45) is 1.25. The summed E-state index contributed by atoms with van der Waals surface area (Å²) in [4.78, 5) is 11.1. The Bertz CT molecular complexity index is 300. The lowest BCUT2D eigenvalue weighted by Crippen LogP contribution is -2.28. The van der Waals surface area contributed by atoms with Gasteiger partial charge in [0.2, 0.25) is 5.88 Å². The minimum Gasteiger partial charge on any atom is -0.493 e. The van der Waals surface area contributed by atoms with E-state index in [-0.39, 0.29) is 19.2 Å². The SMILES string of the molecule is NCn1cc(O)n(CN)c1=O. The summed E-state index contributed by atoms with van der Waals surface area (Å²) in [7, 11) is 0. The van der Waals surface area contributed by atoms with Gasteiger partial charge in [0.05, 0.1) is 19.5 Å². The molecule has 0 spiro atoms. The zero-order valence-corrected chi connectivity index (χ0v) is 5.90. The predicted octanol–water partition coefficient (Wildman–Crippen LogP) is -1.81. The van der Waals surface area contributed by atoms with Gasteiger partial charge in [0, 0.05) is 0 Å². The Balaban J connectivity index is 3.25. The Kier molecular flexibility index (Phi) is 1.97. The first-order chi connectivity index (χ1) is 5.20. The molecule has 1 aromatic rings. The number of nitrogens with two attached hydrogens (primary N) is 2. The third kappa shape index (κ3) is 1.13. The van der Waals surface area contributed by atoms with Crippen LogP contribution in [0.25, 0.3) is 0 Å². The number of nitrogens with zero attached hydrogens (tertiary/aromatic N) is 2. The summed E-state index contributed by atoms with van der Waals surface area (Å²) in [5.41, 5.74) is 9.96. The molecular formula is C5H10N4O2. The predicted molar refractivity (Wildman–Crippen MR) is 38.7 cm³/mol. The van der Waals surface area contributed by atoms with Crippen LogP contribution in [0, 0.1) is 0 Å². The quantitative estimate of drug-likeness (QED) is 0.472. The highest BCUT2D eigenvalue weighted by molar-refractivity contribution is 5.04. The van der Waals surface area contributed by atoms with Crippen molar-refractivity contribution >= 4 is 0 Å². The molecule has 0 saturated carbocycles. The zero-order chi connectivity index (χ0) is 8.43. The Morgan fingerprint density at radius 2 is 2.09 bits per heavy atom. The normalized spacial score (nSPS) is 10.4. The van der Waals surface area contributed by atoms with E-state index in [1.165, 1.54) is 10.8 Å². The summed E-state index contributed by atoms with van der Waals surface area (Å²) < 4.78 is 2.19. The van der Waals surface area contributed by atoms with Crippen LogP contribution in [0.15, 0.2) is 11.0 Å². The molecule has 0 unspecified atom stereocenters. The number of rotatable bonds is 2. The molecule has 1 heterocycles. The largest absolute Gasteiger partial charge is 0.493 e. The molecule has 0 aliphatic heterocycles. The van der Waals surface area contributed by atoms with E-state index >= 15 is 0 Å². The van der Waals surface area contributed by atoms with E-state index in [0.717, 1.165) is 4.57 Å². The Morgan fingerprint density at radius 1 is 1.45 bits per heavy atom. The molecule has 0 radical (unpaired) electrons. The van der Waals surface area contributed by atoms with Gasteiger partial charge in [-0.15, -0.1) is 0 Å². The maximum Gasteiger partial charge on any atom is 0.333 e. The molecule has 0 aliphatic carbocycles. The van der Waals surface area contributed by atoms with Crippen molar-refractivity contribution in [2.45, 2.75) is 13.3 Å². The second kappa shape index (κ2) is 2.77. The molecule has 0 bridgehead atoms. The Hall–Kier alpha value is -1.27. The summed E-state index contributed by atoms with van der Waals surface area (Å²) in [5.74, 6) is -0.164. The van der Waals surface area contributed by atoms with Gasteiger partial charge in [-0.1, -0.05) is 0 Å². The van der Waals surface area contributed by atoms with Gasteiger partial charge >= 0.3 is 5.69 Å². The fourth-order valence-electron chi connectivity index (χ4n) is 0.820. The van der Waals surface area contributed by atoms with Crippen LogP contribution in [0.2, 0.25) is 0 Å². The van der Waals surface area contributed by atoms with E-state index in [1.54, 1.807) is 0 Å². The van der Waals surface area contributed by atoms with E-state index in [4.69, 9.17) is 16.6 Å². The third-order valence-electron chi connectivity index (χ3n) is 1.40. The minimum atomic E-state index is -0.396. The van der Waals surface area contributed by atoms with Crippen molar-refractivity contribution in [3.63, 3.8) is 0 Å². The van der Waals surface area contributed by atoms with E-state index in [2.05, 4.69) is 0 Å². The molecular weight excluding hydrogens is 148 g/mol. The van der Waals surface area contributed by atoms with Gasteiger partial charge in [-0.3, -0.25) is 4.57 Å². The lowest BCUT2D eigenvalue weighted by molar-refractivity contribution is 0.416. The van der Waals surface area contributed by atoms with Crippen molar-refractivity contribution < 1.29 is 5.11 Å². The van der Waals surface area contributed by atoms with E-state index < -0.39 is 5.69 Å². The molecule has 1 rings (SSSR count). The van der Waals surface area contributed by atoms with Gasteiger partial charge in [0.15, 0.2) is 0 Å². The summed E-state index contributed by atoms with van der Waals surface area (Å²) in [5, 5.41) is 9.05. The Labute approximate surface area is 62.6 Å². The van der Waals surface area contributed by atoms with E-state index in [1.807, 2.05) is 0 Å². The average Bonchev–Trinajstić information content (AvgIpc) is 2.26. The number of hydrogen-bond acceptors (Lipinski definition) is 4. The van der Waals surface area contributed by atoms with Crippen molar-refractivity contribution in [2.24, 2.45) is 11.5 Å². The molecule has 11 heavy (non-hydrogen) atoms. The van der Waals surface area contributed by atoms with Crippen LogP contribution in [0.1, 0.15) is 0 Å². The van der Waals surface area contributed by atoms with E-state index in [0.29, 0.717) is 0 Å². The molecule has 5 N–H and O–H groups in total. The first kappa shape index (κ1) is 7.83. The van der Waals surface area contributed by atoms with Gasteiger partial charge in [-0.2, -0.15) is 0 Å². The van der Waals surface area contributed by atoms with Crippen LogP contribution in [0.5, 0.6) is 5.88 Å². The first-order valence-corrected chi connectivity index (χ1v) is 3.09. The lowest BCUT2D eigenvalue weighted by Gasteiger charge is -1.94. The molecule has 0 saturated heterocycles. The molecule has 62 valence electrons. The molecule has 6 heteroatoms. The lowest BCUT2D eigenvalue weighted by atomic mass is 10.8. The topological polar surface area (TPSA) is 99.2 Å². The third-order valence-corrected chi connectivity index (χ3v) is 1.40. The molecule has 0 atom stereocenters. The maximum absolute atomic E-state index is 11.1. The van der Waals surface area contributed by atoms with Crippen LogP contribution in [0.3, 0.4) is 0 Å². The van der Waals surface area contributed by atoms with Gasteiger partial charge in [-0.25, -0.2) is 9.36 Å². The van der Waals surface area contributed by atoms with Crippen molar-refractivity contribution in [1.82, 2.24) is 9.13 Å². The molecule has 1 aromatic heterocycles. The average molecular weight is 158 g/mol. The van der Waals surface area contributed by atoms with Gasteiger partial charge in [0.1, 0.15) is 0 Å². The van der Waals surface area contributed by atoms with Gasteiger partial charge in [0.25, 0.3) is 0 Å². The highest BCUT2D eigenvalue weighted by Crippen LogP contribution is 2.02. The fourth-order valence-corrected chi connectivity index (χ4v) is 0.820. The molecule has 0 amide bonds. The minimum absolute atomic E-state index is 0.0411. The van der Waals surface area contributed by atoms with Crippen molar-refractivity contribution in [3.05, 3.63) is 16.7 Å². The highest BCUT2D eigenvalue weighted by Gasteiger charge is 2.05. The van der Waals surface area contributed by atoms with Gasteiger partial charge < -0.3 is 16.6 Å². The summed E-state index contributed by atoms with van der Waals surface area (Å²) in [6.45, 7) is -0.00292. The van der Waals surface area contributed by atoms with Crippen molar-refractivity contribution in [2.75, 3.05) is 0 Å². The summed E-state index contributed by atoms with van der Waals surface area (Å²) >= 11 is 0. The number of aromatic hydroxyl groups is 1. The van der Waals surface area contributed by atoms with Crippen LogP contribution < -0.4 is 17.2 Å². The van der Waals surface area contributed by atoms with Crippen LogP contribution in [0.4, 0.5) is 0 Å². The monoisotopic (exact) mass is 158 g/mol. The fraction of sp³-hybridized carbons (Fsp3) is 0.400. The van der Waals surface area contributed by atoms with Crippen LogP contribution >= 0.6 is 0 Å². The number of imidazole rings is 1. The second-order valence-corrected chi connectivity index (χ2v) is 2.03. The number of aromatic nitrogens is 2. The molecule has 0 aliphatic rings. The van der Waals surface area contributed by atoms with Crippen molar-refractivity contribution in [3.8, 4) is 5.88 Å². The molecule has 6 nitrogen and oxygen atoms in total. The van der Waals surface area contributed by atoms with Crippen molar-refractivity contribution in [1.29, 1.82) is 0 Å². The highest BCUT2D eigenvalue weighted by atomic mass is 16.3. The maximum atomic E-state index is 11.1. The summed E-state index contributed by atoms with van der Waals surface area (Å²) in [6, 6.07) is 0. The first-order valence-electron chi connectivity index (χ1n) is 3.09. The van der Waals surface area contributed by atoms with E-state index in [9.17, 15) is 4.79 Å². The second-order valence-electron chi connectivity index (χ2n) is 2.03. The van der Waals surface area contributed by atoms with Crippen LogP contribution in [-0.2, 0) is 13.3 Å². The smallest absolute Gasteiger partial charge is 0.333 e. The van der Waals surface area contributed by atoms with Crippen LogP contribution in [-0.4, -0.2) is 14.2 Å². The standard InChI is InChI=1S/C5H10N4O2/c6-2-8-1-4(10)9(3-7)5(8)11/h1,10H,2-3,6-7H2. The number of hydrogen-bond donors (Lipinski definition) is 3. The Morgan fingerprint density at radius 3 is 2.36 bits per heavy atom. The zero-order valence-electron chi connectivity index (χ0n) is 5.90. The molecule has 0 aromatic carbocycles.